The summed E-state index contributed by atoms with van der Waals surface area (Å²) >= 11 is 6.11. The summed E-state index contributed by atoms with van der Waals surface area (Å²) in [4.78, 5) is 14.0. The summed E-state index contributed by atoms with van der Waals surface area (Å²) < 4.78 is 5.54. The SMILES string of the molecule is Cc1cc(OCNC(=O)NCCN2CCNCC2)cc(C)c1Cl. The summed E-state index contributed by atoms with van der Waals surface area (Å²) in [5, 5.41) is 9.57. The minimum atomic E-state index is -0.220. The molecule has 23 heavy (non-hydrogen) atoms. The molecule has 1 fully saturated rings. The second kappa shape index (κ2) is 8.96. The van der Waals surface area contributed by atoms with E-state index in [1.54, 1.807) is 0 Å². The van der Waals surface area contributed by atoms with Crippen LogP contribution in [0.2, 0.25) is 5.02 Å². The van der Waals surface area contributed by atoms with Crippen LogP contribution in [-0.2, 0) is 0 Å². The van der Waals surface area contributed by atoms with Gasteiger partial charge in [0, 0.05) is 44.3 Å². The molecule has 0 atom stereocenters. The van der Waals surface area contributed by atoms with Crippen LogP contribution in [0, 0.1) is 13.8 Å². The molecule has 2 rings (SSSR count). The molecule has 0 radical (unpaired) electrons. The van der Waals surface area contributed by atoms with Gasteiger partial charge >= 0.3 is 6.03 Å². The van der Waals surface area contributed by atoms with Crippen LogP contribution in [0.4, 0.5) is 4.79 Å². The van der Waals surface area contributed by atoms with E-state index in [2.05, 4.69) is 20.9 Å². The fourth-order valence-corrected chi connectivity index (χ4v) is 2.61. The third-order valence-corrected chi connectivity index (χ3v) is 4.40. The van der Waals surface area contributed by atoms with Gasteiger partial charge in [0.1, 0.15) is 5.75 Å². The Balaban J connectivity index is 1.62. The molecule has 0 aliphatic carbocycles. The van der Waals surface area contributed by atoms with Gasteiger partial charge < -0.3 is 20.7 Å². The predicted molar refractivity (Wildman–Crippen MR) is 92.3 cm³/mol. The molecule has 3 N–H and O–H groups in total. The molecule has 0 spiro atoms. The van der Waals surface area contributed by atoms with Gasteiger partial charge in [-0.1, -0.05) is 11.6 Å². The van der Waals surface area contributed by atoms with E-state index < -0.39 is 0 Å². The maximum absolute atomic E-state index is 11.7. The van der Waals surface area contributed by atoms with Gasteiger partial charge in [0.05, 0.1) is 0 Å². The van der Waals surface area contributed by atoms with Crippen molar-refractivity contribution in [3.63, 3.8) is 0 Å². The molecular formula is C16H25ClN4O2. The first-order valence-electron chi connectivity index (χ1n) is 7.90. The molecule has 1 aromatic carbocycles. The molecule has 1 aliphatic rings. The van der Waals surface area contributed by atoms with Crippen LogP contribution < -0.4 is 20.7 Å². The van der Waals surface area contributed by atoms with Gasteiger partial charge in [-0.15, -0.1) is 0 Å². The fraction of sp³-hybridized carbons (Fsp3) is 0.562. The van der Waals surface area contributed by atoms with Crippen molar-refractivity contribution in [2.45, 2.75) is 13.8 Å². The Kier molecular flexibility index (Phi) is 6.95. The number of hydrogen-bond donors (Lipinski definition) is 3. The lowest BCUT2D eigenvalue weighted by atomic mass is 10.1. The number of urea groups is 1. The van der Waals surface area contributed by atoms with Gasteiger partial charge in [-0.25, -0.2) is 4.79 Å². The lowest BCUT2D eigenvalue weighted by Crippen LogP contribution is -2.47. The number of rotatable bonds is 6. The van der Waals surface area contributed by atoms with Crippen molar-refractivity contribution in [2.75, 3.05) is 46.0 Å². The third-order valence-electron chi connectivity index (χ3n) is 3.80. The lowest BCUT2D eigenvalue weighted by molar-refractivity contribution is 0.216. The number of benzene rings is 1. The van der Waals surface area contributed by atoms with E-state index in [-0.39, 0.29) is 12.8 Å². The number of amides is 2. The van der Waals surface area contributed by atoms with Crippen molar-refractivity contribution >= 4 is 17.6 Å². The monoisotopic (exact) mass is 340 g/mol. The summed E-state index contributed by atoms with van der Waals surface area (Å²) in [6, 6.07) is 3.50. The first-order valence-corrected chi connectivity index (χ1v) is 8.28. The minimum Gasteiger partial charge on any atom is -0.473 e. The Hall–Kier alpha value is -1.50. The normalized spacial score (nSPS) is 15.3. The molecule has 0 bridgehead atoms. The highest BCUT2D eigenvalue weighted by Gasteiger charge is 2.09. The van der Waals surface area contributed by atoms with E-state index in [1.165, 1.54) is 0 Å². The number of nitrogens with one attached hydrogen (secondary N) is 3. The number of carbonyl (C=O) groups is 1. The first-order chi connectivity index (χ1) is 11.1. The van der Waals surface area contributed by atoms with Gasteiger partial charge in [0.15, 0.2) is 6.73 Å². The largest absolute Gasteiger partial charge is 0.473 e. The molecule has 128 valence electrons. The van der Waals surface area contributed by atoms with Crippen molar-refractivity contribution < 1.29 is 9.53 Å². The van der Waals surface area contributed by atoms with Crippen molar-refractivity contribution in [3.8, 4) is 5.75 Å². The molecule has 6 nitrogen and oxygen atoms in total. The first kappa shape index (κ1) is 17.8. The van der Waals surface area contributed by atoms with Crippen molar-refractivity contribution in [3.05, 3.63) is 28.3 Å². The lowest BCUT2D eigenvalue weighted by Gasteiger charge is -2.27. The smallest absolute Gasteiger partial charge is 0.317 e. The van der Waals surface area contributed by atoms with Crippen LogP contribution >= 0.6 is 11.6 Å². The second-order valence-corrected chi connectivity index (χ2v) is 6.06. The van der Waals surface area contributed by atoms with E-state index in [4.69, 9.17) is 16.3 Å². The highest BCUT2D eigenvalue weighted by atomic mass is 35.5. The highest BCUT2D eigenvalue weighted by molar-refractivity contribution is 6.32. The van der Waals surface area contributed by atoms with Crippen LogP contribution in [0.25, 0.3) is 0 Å². The van der Waals surface area contributed by atoms with Crippen molar-refractivity contribution in [1.29, 1.82) is 0 Å². The summed E-state index contributed by atoms with van der Waals surface area (Å²) in [6.07, 6.45) is 0. The molecule has 2 amide bonds. The molecule has 0 saturated carbocycles. The average molecular weight is 341 g/mol. The van der Waals surface area contributed by atoms with Crippen LogP contribution in [0.3, 0.4) is 0 Å². The molecule has 1 saturated heterocycles. The summed E-state index contributed by atoms with van der Waals surface area (Å²) in [5.74, 6) is 0.700. The Morgan fingerprint density at radius 2 is 1.91 bits per heavy atom. The van der Waals surface area contributed by atoms with Crippen LogP contribution in [0.1, 0.15) is 11.1 Å². The highest BCUT2D eigenvalue weighted by Crippen LogP contribution is 2.25. The Morgan fingerprint density at radius 3 is 2.57 bits per heavy atom. The average Bonchev–Trinajstić information content (AvgIpc) is 2.53. The molecule has 1 heterocycles. The fourth-order valence-electron chi connectivity index (χ4n) is 2.50. The molecular weight excluding hydrogens is 316 g/mol. The number of nitrogens with zero attached hydrogens (tertiary/aromatic N) is 1. The molecule has 0 unspecified atom stereocenters. The van der Waals surface area contributed by atoms with Crippen molar-refractivity contribution in [2.24, 2.45) is 0 Å². The van der Waals surface area contributed by atoms with Crippen LogP contribution in [-0.4, -0.2) is 56.9 Å². The molecule has 7 heteroatoms. The molecule has 0 aromatic heterocycles. The molecule has 1 aromatic rings. The minimum absolute atomic E-state index is 0.125. The van der Waals surface area contributed by atoms with E-state index in [0.29, 0.717) is 12.3 Å². The summed E-state index contributed by atoms with van der Waals surface area (Å²) in [6.45, 7) is 9.57. The Labute approximate surface area is 142 Å². The standard InChI is InChI=1S/C16H25ClN4O2/c1-12-9-14(10-13(2)15(12)17)23-11-20-16(22)19-5-8-21-6-3-18-4-7-21/h9-10,18H,3-8,11H2,1-2H3,(H2,19,20,22). The van der Waals surface area contributed by atoms with E-state index in [9.17, 15) is 4.79 Å². The van der Waals surface area contributed by atoms with Crippen molar-refractivity contribution in [1.82, 2.24) is 20.9 Å². The topological polar surface area (TPSA) is 65.6 Å². The predicted octanol–water partition coefficient (Wildman–Crippen LogP) is 1.50. The maximum atomic E-state index is 11.7. The number of carbonyl (C=O) groups excluding carboxylic acids is 1. The van der Waals surface area contributed by atoms with E-state index >= 15 is 0 Å². The second-order valence-electron chi connectivity index (χ2n) is 5.68. The zero-order valence-electron chi connectivity index (χ0n) is 13.7. The van der Waals surface area contributed by atoms with Gasteiger partial charge in [-0.05, 0) is 37.1 Å². The van der Waals surface area contributed by atoms with E-state index in [1.807, 2.05) is 26.0 Å². The maximum Gasteiger partial charge on any atom is 0.317 e. The summed E-state index contributed by atoms with van der Waals surface area (Å²) in [7, 11) is 0. The number of piperazine rings is 1. The quantitative estimate of drug-likeness (QED) is 0.687. The van der Waals surface area contributed by atoms with Crippen LogP contribution in [0.15, 0.2) is 12.1 Å². The third kappa shape index (κ3) is 5.89. The number of ether oxygens (including phenoxy) is 1. The number of hydrogen-bond acceptors (Lipinski definition) is 4. The van der Waals surface area contributed by atoms with E-state index in [0.717, 1.165) is 48.9 Å². The van der Waals surface area contributed by atoms with Gasteiger partial charge in [-0.3, -0.25) is 4.90 Å². The number of aryl methyl sites for hydroxylation is 2. The Morgan fingerprint density at radius 1 is 1.26 bits per heavy atom. The molecule has 1 aliphatic heterocycles. The van der Waals surface area contributed by atoms with Gasteiger partial charge in [-0.2, -0.15) is 0 Å². The van der Waals surface area contributed by atoms with Gasteiger partial charge in [0.2, 0.25) is 0 Å². The zero-order valence-corrected chi connectivity index (χ0v) is 14.5. The zero-order chi connectivity index (χ0) is 16.7. The number of halogens is 1. The van der Waals surface area contributed by atoms with Crippen LogP contribution in [0.5, 0.6) is 5.75 Å². The summed E-state index contributed by atoms with van der Waals surface area (Å²) in [5.41, 5.74) is 1.92. The Bertz CT molecular complexity index is 510. The van der Waals surface area contributed by atoms with Gasteiger partial charge in [0.25, 0.3) is 0 Å².